The highest BCUT2D eigenvalue weighted by atomic mass is 16.5. The average Bonchev–Trinajstić information content (AvgIpc) is 2.34. The van der Waals surface area contributed by atoms with E-state index in [0.29, 0.717) is 31.1 Å². The molecule has 0 saturated heterocycles. The van der Waals surface area contributed by atoms with Gasteiger partial charge in [0.15, 0.2) is 0 Å². The summed E-state index contributed by atoms with van der Waals surface area (Å²) in [6, 6.07) is 3.24. The number of likely N-dealkylation sites (N-methyl/N-ethyl adjacent to an activating group) is 1. The van der Waals surface area contributed by atoms with Crippen LogP contribution in [0.5, 0.6) is 0 Å². The molecule has 0 atom stereocenters. The van der Waals surface area contributed by atoms with Gasteiger partial charge in [-0.05, 0) is 26.2 Å². The molecule has 1 heterocycles. The summed E-state index contributed by atoms with van der Waals surface area (Å²) >= 11 is 0. The highest BCUT2D eigenvalue weighted by Gasteiger charge is 2.04. The van der Waals surface area contributed by atoms with Crippen molar-refractivity contribution in [1.82, 2.24) is 15.2 Å². The van der Waals surface area contributed by atoms with Crippen LogP contribution in [0.1, 0.15) is 10.4 Å². The summed E-state index contributed by atoms with van der Waals surface area (Å²) in [7, 11) is 3.97. The molecule has 0 bridgehead atoms. The van der Waals surface area contributed by atoms with Gasteiger partial charge in [0.2, 0.25) is 0 Å². The number of hydrogen-bond acceptors (Lipinski definition) is 5. The van der Waals surface area contributed by atoms with Gasteiger partial charge in [0.05, 0.1) is 18.8 Å². The van der Waals surface area contributed by atoms with Crippen LogP contribution in [0.2, 0.25) is 0 Å². The number of nitrogen functional groups attached to an aromatic ring is 1. The Kier molecular flexibility index (Phi) is 6.10. The van der Waals surface area contributed by atoms with Crippen LogP contribution in [-0.4, -0.2) is 56.2 Å². The van der Waals surface area contributed by atoms with Crippen molar-refractivity contribution in [1.29, 1.82) is 0 Å². The lowest BCUT2D eigenvalue weighted by Gasteiger charge is -2.10. The average molecular weight is 252 g/mol. The smallest absolute Gasteiger partial charge is 0.252 e. The second kappa shape index (κ2) is 7.62. The zero-order valence-corrected chi connectivity index (χ0v) is 10.8. The Hall–Kier alpha value is -1.66. The minimum Gasteiger partial charge on any atom is -0.384 e. The predicted octanol–water partition coefficient (Wildman–Crippen LogP) is -0.0282. The van der Waals surface area contributed by atoms with E-state index in [0.717, 1.165) is 6.54 Å². The van der Waals surface area contributed by atoms with E-state index in [-0.39, 0.29) is 5.91 Å². The minimum atomic E-state index is -0.168. The fourth-order valence-corrected chi connectivity index (χ4v) is 1.23. The Labute approximate surface area is 107 Å². The molecule has 18 heavy (non-hydrogen) atoms. The standard InChI is InChI=1S/C12H20N4O2/c1-16(2)6-8-18-7-5-14-12(17)10-3-4-11(13)15-9-10/h3-4,9H,5-8H2,1-2H3,(H2,13,15)(H,14,17). The van der Waals surface area contributed by atoms with Crippen molar-refractivity contribution in [3.05, 3.63) is 23.9 Å². The fraction of sp³-hybridized carbons (Fsp3) is 0.500. The highest BCUT2D eigenvalue weighted by Crippen LogP contribution is 2.00. The van der Waals surface area contributed by atoms with Gasteiger partial charge in [0, 0.05) is 19.3 Å². The van der Waals surface area contributed by atoms with E-state index >= 15 is 0 Å². The number of carbonyl (C=O) groups excluding carboxylic acids is 1. The number of nitrogens with zero attached hydrogens (tertiary/aromatic N) is 2. The van der Waals surface area contributed by atoms with Crippen molar-refractivity contribution in [2.75, 3.05) is 46.1 Å². The Balaban J connectivity index is 2.16. The van der Waals surface area contributed by atoms with Gasteiger partial charge in [-0.15, -0.1) is 0 Å². The molecule has 1 rings (SSSR count). The predicted molar refractivity (Wildman–Crippen MR) is 70.4 cm³/mol. The van der Waals surface area contributed by atoms with Crippen molar-refractivity contribution in [3.63, 3.8) is 0 Å². The fourth-order valence-electron chi connectivity index (χ4n) is 1.23. The molecule has 0 fully saturated rings. The second-order valence-electron chi connectivity index (χ2n) is 4.14. The molecule has 0 aliphatic heterocycles. The van der Waals surface area contributed by atoms with Gasteiger partial charge in [-0.25, -0.2) is 4.98 Å². The van der Waals surface area contributed by atoms with Gasteiger partial charge in [0.1, 0.15) is 5.82 Å². The summed E-state index contributed by atoms with van der Waals surface area (Å²) in [5.41, 5.74) is 5.94. The number of rotatable bonds is 7. The molecule has 0 unspecified atom stereocenters. The van der Waals surface area contributed by atoms with E-state index in [4.69, 9.17) is 10.5 Å². The van der Waals surface area contributed by atoms with E-state index in [1.165, 1.54) is 6.20 Å². The van der Waals surface area contributed by atoms with Gasteiger partial charge >= 0.3 is 0 Å². The first-order valence-electron chi connectivity index (χ1n) is 5.82. The third-order valence-corrected chi connectivity index (χ3v) is 2.26. The Morgan fingerprint density at radius 3 is 2.83 bits per heavy atom. The number of nitrogens with one attached hydrogen (secondary N) is 1. The zero-order valence-electron chi connectivity index (χ0n) is 10.8. The van der Waals surface area contributed by atoms with Crippen LogP contribution < -0.4 is 11.1 Å². The number of pyridine rings is 1. The van der Waals surface area contributed by atoms with Crippen LogP contribution >= 0.6 is 0 Å². The van der Waals surface area contributed by atoms with Crippen molar-refractivity contribution in [3.8, 4) is 0 Å². The number of aromatic nitrogens is 1. The van der Waals surface area contributed by atoms with Crippen molar-refractivity contribution in [2.45, 2.75) is 0 Å². The first-order valence-corrected chi connectivity index (χ1v) is 5.82. The topological polar surface area (TPSA) is 80.5 Å². The molecular formula is C12H20N4O2. The first kappa shape index (κ1) is 14.4. The van der Waals surface area contributed by atoms with Gasteiger partial charge in [0.25, 0.3) is 5.91 Å². The van der Waals surface area contributed by atoms with Gasteiger partial charge in [-0.1, -0.05) is 0 Å². The normalized spacial score (nSPS) is 10.6. The number of carbonyl (C=O) groups is 1. The lowest BCUT2D eigenvalue weighted by Crippen LogP contribution is -2.28. The van der Waals surface area contributed by atoms with Crippen molar-refractivity contribution in [2.24, 2.45) is 0 Å². The number of ether oxygens (including phenoxy) is 1. The molecule has 1 aromatic heterocycles. The quantitative estimate of drug-likeness (QED) is 0.666. The van der Waals surface area contributed by atoms with E-state index in [2.05, 4.69) is 10.3 Å². The summed E-state index contributed by atoms with van der Waals surface area (Å²) in [5, 5.41) is 2.75. The van der Waals surface area contributed by atoms with Crippen LogP contribution in [0.15, 0.2) is 18.3 Å². The molecule has 6 heteroatoms. The summed E-state index contributed by atoms with van der Waals surface area (Å²) in [5.74, 6) is 0.234. The molecule has 0 aromatic carbocycles. The Morgan fingerprint density at radius 2 is 2.22 bits per heavy atom. The van der Waals surface area contributed by atoms with Gasteiger partial charge < -0.3 is 20.7 Å². The number of nitrogens with two attached hydrogens (primary N) is 1. The van der Waals surface area contributed by atoms with E-state index < -0.39 is 0 Å². The summed E-state index contributed by atoms with van der Waals surface area (Å²) < 4.78 is 5.36. The molecule has 0 aliphatic rings. The maximum Gasteiger partial charge on any atom is 0.252 e. The molecule has 1 amide bonds. The van der Waals surface area contributed by atoms with Crippen LogP contribution in [0.3, 0.4) is 0 Å². The maximum atomic E-state index is 11.6. The molecule has 1 aromatic rings. The summed E-state index contributed by atoms with van der Waals surface area (Å²) in [6.45, 7) is 2.51. The lowest BCUT2D eigenvalue weighted by molar-refractivity contribution is 0.0900. The Bertz CT molecular complexity index is 365. The summed E-state index contributed by atoms with van der Waals surface area (Å²) in [6.07, 6.45) is 1.46. The third kappa shape index (κ3) is 5.60. The van der Waals surface area contributed by atoms with E-state index in [9.17, 15) is 4.79 Å². The SMILES string of the molecule is CN(C)CCOCCNC(=O)c1ccc(N)nc1. The second-order valence-corrected chi connectivity index (χ2v) is 4.14. The van der Waals surface area contributed by atoms with Crippen molar-refractivity contribution >= 4 is 11.7 Å². The van der Waals surface area contributed by atoms with Crippen LogP contribution in [0.25, 0.3) is 0 Å². The number of anilines is 1. The molecule has 0 aliphatic carbocycles. The first-order chi connectivity index (χ1) is 8.59. The highest BCUT2D eigenvalue weighted by molar-refractivity contribution is 5.93. The molecule has 0 radical (unpaired) electrons. The molecule has 0 saturated carbocycles. The van der Waals surface area contributed by atoms with Crippen molar-refractivity contribution < 1.29 is 9.53 Å². The monoisotopic (exact) mass is 252 g/mol. The molecule has 3 N–H and O–H groups in total. The van der Waals surface area contributed by atoms with Gasteiger partial charge in [-0.3, -0.25) is 4.79 Å². The molecule has 0 spiro atoms. The minimum absolute atomic E-state index is 0.168. The van der Waals surface area contributed by atoms with Gasteiger partial charge in [-0.2, -0.15) is 0 Å². The maximum absolute atomic E-state index is 11.6. The third-order valence-electron chi connectivity index (χ3n) is 2.26. The lowest BCUT2D eigenvalue weighted by atomic mass is 10.2. The van der Waals surface area contributed by atoms with E-state index in [1.54, 1.807) is 12.1 Å². The molecule has 100 valence electrons. The Morgan fingerprint density at radius 1 is 1.44 bits per heavy atom. The van der Waals surface area contributed by atoms with Crippen LogP contribution in [0, 0.1) is 0 Å². The largest absolute Gasteiger partial charge is 0.384 e. The summed E-state index contributed by atoms with van der Waals surface area (Å²) in [4.78, 5) is 17.5. The zero-order chi connectivity index (χ0) is 13.4. The molecular weight excluding hydrogens is 232 g/mol. The van der Waals surface area contributed by atoms with Crippen LogP contribution in [-0.2, 0) is 4.74 Å². The van der Waals surface area contributed by atoms with E-state index in [1.807, 2.05) is 19.0 Å². The number of hydrogen-bond donors (Lipinski definition) is 2. The number of amides is 1. The van der Waals surface area contributed by atoms with Crippen LogP contribution in [0.4, 0.5) is 5.82 Å². The molecule has 6 nitrogen and oxygen atoms in total.